The first-order chi connectivity index (χ1) is 23.0. The summed E-state index contributed by atoms with van der Waals surface area (Å²) in [6.07, 6.45) is 10.0. The highest BCUT2D eigenvalue weighted by Gasteiger charge is 2.70. The van der Waals surface area contributed by atoms with E-state index in [0.29, 0.717) is 19.4 Å². The number of ketones is 1. The number of hydrogen-bond acceptors (Lipinski definition) is 7. The van der Waals surface area contributed by atoms with Gasteiger partial charge in [-0.1, -0.05) is 60.8 Å². The molecule has 1 saturated heterocycles. The molecule has 12 nitrogen and oxygen atoms in total. The molecule has 5 amide bonds. The molecular formula is C37H59N5O7S. The van der Waals surface area contributed by atoms with E-state index in [9.17, 15) is 32.4 Å². The Kier molecular flexibility index (Phi) is 11.2. The fourth-order valence-corrected chi connectivity index (χ4v) is 9.35. The number of hydrogen-bond donors (Lipinski definition) is 4. The van der Waals surface area contributed by atoms with Gasteiger partial charge in [-0.15, -0.1) is 12.3 Å². The minimum absolute atomic E-state index is 0.0317. The van der Waals surface area contributed by atoms with Gasteiger partial charge in [-0.3, -0.25) is 19.2 Å². The molecule has 0 aromatic rings. The molecule has 4 fully saturated rings. The van der Waals surface area contributed by atoms with Crippen LogP contribution in [-0.4, -0.2) is 89.6 Å². The quantitative estimate of drug-likeness (QED) is 0.178. The Morgan fingerprint density at radius 2 is 1.58 bits per heavy atom. The number of likely N-dealkylation sites (tertiary alicyclic amines) is 1. The molecule has 280 valence electrons. The number of urea groups is 1. The number of rotatable bonds is 12. The van der Waals surface area contributed by atoms with E-state index in [1.165, 1.54) is 4.90 Å². The minimum atomic E-state index is -3.57. The molecule has 13 heteroatoms. The van der Waals surface area contributed by atoms with Crippen molar-refractivity contribution in [2.75, 3.05) is 12.3 Å². The highest BCUT2D eigenvalue weighted by Crippen LogP contribution is 2.65. The summed E-state index contributed by atoms with van der Waals surface area (Å²) in [6.45, 7) is 16.8. The van der Waals surface area contributed by atoms with Crippen LogP contribution in [0.15, 0.2) is 0 Å². The lowest BCUT2D eigenvalue weighted by Crippen LogP contribution is -2.64. The van der Waals surface area contributed by atoms with Gasteiger partial charge in [0.15, 0.2) is 9.84 Å². The van der Waals surface area contributed by atoms with Crippen molar-refractivity contribution in [1.29, 1.82) is 0 Å². The zero-order chi connectivity index (χ0) is 37.6. The Balaban J connectivity index is 1.54. The van der Waals surface area contributed by atoms with Gasteiger partial charge in [-0.05, 0) is 75.0 Å². The number of carbonyl (C=O) groups excluding carboxylic acids is 5. The molecule has 0 aromatic heterocycles. The summed E-state index contributed by atoms with van der Waals surface area (Å²) in [5.74, 6) is -0.105. The van der Waals surface area contributed by atoms with Gasteiger partial charge in [0.05, 0.1) is 22.1 Å². The van der Waals surface area contributed by atoms with Crippen LogP contribution in [0.5, 0.6) is 0 Å². The second-order valence-electron chi connectivity index (χ2n) is 18.0. The van der Waals surface area contributed by atoms with Crippen molar-refractivity contribution in [3.05, 3.63) is 0 Å². The molecule has 4 unspecified atom stereocenters. The fourth-order valence-electron chi connectivity index (χ4n) is 7.82. The van der Waals surface area contributed by atoms with Crippen molar-refractivity contribution >= 4 is 39.4 Å². The third-order valence-electron chi connectivity index (χ3n) is 11.6. The molecule has 4 aliphatic rings. The van der Waals surface area contributed by atoms with Gasteiger partial charge in [0.1, 0.15) is 12.1 Å². The Morgan fingerprint density at radius 1 is 0.980 bits per heavy atom. The standard InChI is InChI=1S/C37H59N5O7S/c1-11-12-16-24(28(43)31(45)39-25-19-22(25)2)38-30(44)27-26-23(36(26,9)10)20-42(27)32(46)29(34(3,4)5)40-33(47)41-37(17-14-13-15-18-37)21-50(48,49)35(6,7)8/h1,22-27,29H,12-21H2,2-10H3,(H,38,44)(H,39,45)(H2,40,41,47)/t22?,23?,24?,25?,26-,27-,29+/m0/s1. The lowest BCUT2D eigenvalue weighted by Gasteiger charge is -2.41. The number of Topliss-reactive ketones (excluding diaryl/α,β-unsaturated/α-hetero) is 1. The minimum Gasteiger partial charge on any atom is -0.346 e. The molecule has 0 bridgehead atoms. The molecule has 4 rings (SSSR count). The van der Waals surface area contributed by atoms with Crippen molar-refractivity contribution in [1.82, 2.24) is 26.2 Å². The smallest absolute Gasteiger partial charge is 0.315 e. The van der Waals surface area contributed by atoms with Gasteiger partial charge in [0.2, 0.25) is 17.6 Å². The molecule has 3 aliphatic carbocycles. The van der Waals surface area contributed by atoms with E-state index in [0.717, 1.165) is 25.7 Å². The number of piperidine rings is 1. The number of terminal acetylenes is 1. The van der Waals surface area contributed by atoms with Crippen LogP contribution >= 0.6 is 0 Å². The van der Waals surface area contributed by atoms with Crippen LogP contribution in [0.1, 0.15) is 114 Å². The van der Waals surface area contributed by atoms with E-state index in [-0.39, 0.29) is 47.8 Å². The largest absolute Gasteiger partial charge is 0.346 e. The van der Waals surface area contributed by atoms with E-state index in [4.69, 9.17) is 6.42 Å². The molecule has 4 N–H and O–H groups in total. The van der Waals surface area contributed by atoms with E-state index in [1.54, 1.807) is 20.8 Å². The highest BCUT2D eigenvalue weighted by atomic mass is 32.2. The molecule has 50 heavy (non-hydrogen) atoms. The molecular weight excluding hydrogens is 659 g/mol. The van der Waals surface area contributed by atoms with Crippen LogP contribution in [0.3, 0.4) is 0 Å². The van der Waals surface area contributed by atoms with Crippen molar-refractivity contribution in [3.63, 3.8) is 0 Å². The Hall–Kier alpha value is -3.14. The Labute approximate surface area is 298 Å². The van der Waals surface area contributed by atoms with Crippen molar-refractivity contribution in [2.24, 2.45) is 28.6 Å². The van der Waals surface area contributed by atoms with Crippen LogP contribution in [0.4, 0.5) is 4.79 Å². The molecule has 7 atom stereocenters. The number of sulfone groups is 1. The van der Waals surface area contributed by atoms with E-state index in [2.05, 4.69) is 27.2 Å². The normalized spacial score (nSPS) is 27.8. The first kappa shape index (κ1) is 39.6. The first-order valence-corrected chi connectivity index (χ1v) is 19.8. The van der Waals surface area contributed by atoms with Crippen LogP contribution in [0, 0.1) is 40.9 Å². The maximum absolute atomic E-state index is 14.5. The van der Waals surface area contributed by atoms with Gasteiger partial charge >= 0.3 is 6.03 Å². The van der Waals surface area contributed by atoms with Gasteiger partial charge in [-0.25, -0.2) is 13.2 Å². The Bertz CT molecular complexity index is 1510. The van der Waals surface area contributed by atoms with E-state index < -0.39 is 73.2 Å². The maximum Gasteiger partial charge on any atom is 0.315 e. The molecule has 3 saturated carbocycles. The van der Waals surface area contributed by atoms with Crippen molar-refractivity contribution in [3.8, 4) is 12.3 Å². The van der Waals surface area contributed by atoms with Gasteiger partial charge in [0, 0.05) is 19.0 Å². The average Bonchev–Trinajstić information content (AvgIpc) is 3.73. The summed E-state index contributed by atoms with van der Waals surface area (Å²) in [5.41, 5.74) is -1.98. The third kappa shape index (κ3) is 8.48. The summed E-state index contributed by atoms with van der Waals surface area (Å²) in [7, 11) is -3.57. The predicted molar refractivity (Wildman–Crippen MR) is 191 cm³/mol. The molecule has 1 aliphatic heterocycles. The predicted octanol–water partition coefficient (Wildman–Crippen LogP) is 3.09. The average molecular weight is 718 g/mol. The van der Waals surface area contributed by atoms with Crippen LogP contribution in [-0.2, 0) is 29.0 Å². The lowest BCUT2D eigenvalue weighted by molar-refractivity contribution is -0.145. The zero-order valence-electron chi connectivity index (χ0n) is 31.4. The van der Waals surface area contributed by atoms with Gasteiger partial charge in [0.25, 0.3) is 5.91 Å². The van der Waals surface area contributed by atoms with Crippen molar-refractivity contribution in [2.45, 2.75) is 148 Å². The number of amides is 5. The SMILES string of the molecule is C#CCCC(NC(=O)[C@@H]1[C@@H]2C(CN1C(=O)[C@@H](NC(=O)NC1(CS(=O)(=O)C(C)(C)C)CCCCC1)C(C)(C)C)C2(C)C)C(=O)C(=O)NC1CC1C. The number of nitrogens with one attached hydrogen (secondary N) is 4. The number of carbonyl (C=O) groups is 5. The number of fused-ring (bicyclic) bond motifs is 1. The lowest BCUT2D eigenvalue weighted by atomic mass is 9.83. The molecule has 0 spiro atoms. The topological polar surface area (TPSA) is 171 Å². The molecule has 1 heterocycles. The van der Waals surface area contributed by atoms with Crippen LogP contribution < -0.4 is 21.3 Å². The highest BCUT2D eigenvalue weighted by molar-refractivity contribution is 7.92. The molecule has 0 aromatic carbocycles. The molecule has 0 radical (unpaired) electrons. The maximum atomic E-state index is 14.5. The van der Waals surface area contributed by atoms with Crippen LogP contribution in [0.2, 0.25) is 0 Å². The van der Waals surface area contributed by atoms with Gasteiger partial charge in [-0.2, -0.15) is 0 Å². The fraction of sp³-hybridized carbons (Fsp3) is 0.811. The van der Waals surface area contributed by atoms with Crippen LogP contribution in [0.25, 0.3) is 0 Å². The Morgan fingerprint density at radius 3 is 2.10 bits per heavy atom. The second kappa shape index (κ2) is 14.1. The summed E-state index contributed by atoms with van der Waals surface area (Å²) < 4.78 is 25.6. The summed E-state index contributed by atoms with van der Waals surface area (Å²) in [5, 5.41) is 11.4. The summed E-state index contributed by atoms with van der Waals surface area (Å²) >= 11 is 0. The van der Waals surface area contributed by atoms with Crippen molar-refractivity contribution < 1.29 is 32.4 Å². The van der Waals surface area contributed by atoms with E-state index >= 15 is 0 Å². The van der Waals surface area contributed by atoms with Gasteiger partial charge < -0.3 is 26.2 Å². The third-order valence-corrected chi connectivity index (χ3v) is 14.4. The van der Waals surface area contributed by atoms with E-state index in [1.807, 2.05) is 41.5 Å². The summed E-state index contributed by atoms with van der Waals surface area (Å²) in [4.78, 5) is 69.8. The first-order valence-electron chi connectivity index (χ1n) is 18.2. The zero-order valence-corrected chi connectivity index (χ0v) is 32.2. The monoisotopic (exact) mass is 717 g/mol. The second-order valence-corrected chi connectivity index (χ2v) is 20.7. The summed E-state index contributed by atoms with van der Waals surface area (Å²) in [6, 6.07) is -3.83. The number of nitrogens with zero attached hydrogens (tertiary/aromatic N) is 1.